The normalized spacial score (nSPS) is 33.6. The van der Waals surface area contributed by atoms with E-state index >= 15 is 0 Å². The predicted molar refractivity (Wildman–Crippen MR) is 69.0 cm³/mol. The van der Waals surface area contributed by atoms with Crippen LogP contribution in [0.15, 0.2) is 0 Å². The lowest BCUT2D eigenvalue weighted by atomic mass is 9.75. The molecular weight excluding hydrogens is 212 g/mol. The van der Waals surface area contributed by atoms with Crippen molar-refractivity contribution in [2.45, 2.75) is 70.8 Å². The Hall–Kier alpha value is -0.370. The zero-order chi connectivity index (χ0) is 12.3. The van der Waals surface area contributed by atoms with E-state index in [9.17, 15) is 4.79 Å². The molecular formula is C15H26O2. The topological polar surface area (TPSA) is 26.3 Å². The molecule has 0 heterocycles. The van der Waals surface area contributed by atoms with Gasteiger partial charge in [-0.05, 0) is 44.4 Å². The minimum absolute atomic E-state index is 0.387. The standard InChI is InChI=1S/C15H26O2/c1-3-17-15(10-4-5-12(2)11-15)14(16)9-8-13-6-7-13/h12-13H,3-11H2,1-2H3. The maximum atomic E-state index is 12.5. The van der Waals surface area contributed by atoms with E-state index < -0.39 is 5.60 Å². The van der Waals surface area contributed by atoms with Gasteiger partial charge in [0.15, 0.2) is 5.78 Å². The van der Waals surface area contributed by atoms with Gasteiger partial charge < -0.3 is 4.74 Å². The first kappa shape index (κ1) is 13.1. The molecule has 0 aromatic heterocycles. The van der Waals surface area contributed by atoms with Gasteiger partial charge in [-0.2, -0.15) is 0 Å². The minimum Gasteiger partial charge on any atom is -0.367 e. The number of ketones is 1. The van der Waals surface area contributed by atoms with Crippen LogP contribution in [0.1, 0.15) is 65.2 Å². The van der Waals surface area contributed by atoms with E-state index in [0.29, 0.717) is 18.3 Å². The number of ether oxygens (including phenoxy) is 1. The number of hydrogen-bond acceptors (Lipinski definition) is 2. The molecule has 2 aliphatic rings. The summed E-state index contributed by atoms with van der Waals surface area (Å²) >= 11 is 0. The Morgan fingerprint density at radius 3 is 2.71 bits per heavy atom. The van der Waals surface area contributed by atoms with Crippen molar-refractivity contribution in [1.29, 1.82) is 0 Å². The molecule has 0 N–H and O–H groups in total. The summed E-state index contributed by atoms with van der Waals surface area (Å²) in [4.78, 5) is 12.5. The highest BCUT2D eigenvalue weighted by Crippen LogP contribution is 2.39. The molecule has 2 rings (SSSR count). The average Bonchev–Trinajstić information content (AvgIpc) is 3.10. The van der Waals surface area contributed by atoms with Gasteiger partial charge in [0, 0.05) is 13.0 Å². The van der Waals surface area contributed by atoms with Crippen molar-refractivity contribution in [3.8, 4) is 0 Å². The summed E-state index contributed by atoms with van der Waals surface area (Å²) in [5.41, 5.74) is -0.415. The predicted octanol–water partition coefficient (Wildman–Crippen LogP) is 3.73. The summed E-state index contributed by atoms with van der Waals surface area (Å²) in [5, 5.41) is 0. The Kier molecular flexibility index (Phi) is 4.24. The van der Waals surface area contributed by atoms with E-state index in [-0.39, 0.29) is 0 Å². The van der Waals surface area contributed by atoms with Crippen LogP contribution in [0.3, 0.4) is 0 Å². The highest BCUT2D eigenvalue weighted by molar-refractivity contribution is 5.87. The largest absolute Gasteiger partial charge is 0.367 e. The SMILES string of the molecule is CCOC1(C(=O)CCC2CC2)CCCC(C)C1. The number of carbonyl (C=O) groups excluding carboxylic acids is 1. The van der Waals surface area contributed by atoms with Crippen molar-refractivity contribution < 1.29 is 9.53 Å². The van der Waals surface area contributed by atoms with Gasteiger partial charge in [0.2, 0.25) is 0 Å². The molecule has 0 aromatic rings. The third-order valence-electron chi connectivity index (χ3n) is 4.36. The number of rotatable bonds is 6. The van der Waals surface area contributed by atoms with Crippen LogP contribution in [0, 0.1) is 11.8 Å². The highest BCUT2D eigenvalue weighted by Gasteiger charge is 2.42. The van der Waals surface area contributed by atoms with Crippen molar-refractivity contribution in [1.82, 2.24) is 0 Å². The van der Waals surface area contributed by atoms with Crippen LogP contribution in [-0.2, 0) is 9.53 Å². The summed E-state index contributed by atoms with van der Waals surface area (Å²) < 4.78 is 5.91. The summed E-state index contributed by atoms with van der Waals surface area (Å²) in [6, 6.07) is 0. The molecule has 2 fully saturated rings. The molecule has 0 saturated heterocycles. The maximum absolute atomic E-state index is 12.5. The van der Waals surface area contributed by atoms with E-state index in [1.807, 2.05) is 6.92 Å². The quantitative estimate of drug-likeness (QED) is 0.704. The Labute approximate surface area is 105 Å². The van der Waals surface area contributed by atoms with Gasteiger partial charge in [-0.15, -0.1) is 0 Å². The van der Waals surface area contributed by atoms with Crippen LogP contribution in [0.2, 0.25) is 0 Å². The van der Waals surface area contributed by atoms with Gasteiger partial charge >= 0.3 is 0 Å². The van der Waals surface area contributed by atoms with Gasteiger partial charge in [-0.25, -0.2) is 0 Å². The molecule has 17 heavy (non-hydrogen) atoms. The Morgan fingerprint density at radius 1 is 1.35 bits per heavy atom. The van der Waals surface area contributed by atoms with Crippen LogP contribution >= 0.6 is 0 Å². The smallest absolute Gasteiger partial charge is 0.164 e. The maximum Gasteiger partial charge on any atom is 0.164 e. The first-order chi connectivity index (χ1) is 8.16. The summed E-state index contributed by atoms with van der Waals surface area (Å²) in [7, 11) is 0. The fourth-order valence-electron chi connectivity index (χ4n) is 3.21. The number of Topliss-reactive ketones (excluding diaryl/α,β-unsaturated/α-hetero) is 1. The fraction of sp³-hybridized carbons (Fsp3) is 0.933. The second-order valence-corrected chi connectivity index (χ2v) is 6.03. The summed E-state index contributed by atoms with van der Waals surface area (Å²) in [6.07, 6.45) is 8.83. The first-order valence-electron chi connectivity index (χ1n) is 7.33. The third-order valence-corrected chi connectivity index (χ3v) is 4.36. The molecule has 2 aliphatic carbocycles. The lowest BCUT2D eigenvalue weighted by Crippen LogP contribution is -2.45. The molecule has 2 unspecified atom stereocenters. The molecule has 98 valence electrons. The van der Waals surface area contributed by atoms with Crippen LogP contribution in [0.5, 0.6) is 0 Å². The van der Waals surface area contributed by atoms with E-state index in [0.717, 1.165) is 38.0 Å². The van der Waals surface area contributed by atoms with Gasteiger partial charge in [-0.3, -0.25) is 4.79 Å². The lowest BCUT2D eigenvalue weighted by Gasteiger charge is -2.38. The summed E-state index contributed by atoms with van der Waals surface area (Å²) in [5.74, 6) is 1.87. The van der Waals surface area contributed by atoms with Crippen LogP contribution < -0.4 is 0 Å². The molecule has 0 bridgehead atoms. The van der Waals surface area contributed by atoms with E-state index in [2.05, 4.69) is 6.92 Å². The monoisotopic (exact) mass is 238 g/mol. The van der Waals surface area contributed by atoms with Gasteiger partial charge in [0.25, 0.3) is 0 Å². The Morgan fingerprint density at radius 2 is 2.12 bits per heavy atom. The molecule has 2 saturated carbocycles. The number of hydrogen-bond donors (Lipinski definition) is 0. The van der Waals surface area contributed by atoms with Gasteiger partial charge in [-0.1, -0.05) is 26.2 Å². The Bertz CT molecular complexity index is 266. The fourth-order valence-corrected chi connectivity index (χ4v) is 3.21. The van der Waals surface area contributed by atoms with E-state index in [4.69, 9.17) is 4.74 Å². The molecule has 0 spiro atoms. The summed E-state index contributed by atoms with van der Waals surface area (Å²) in [6.45, 7) is 4.93. The zero-order valence-corrected chi connectivity index (χ0v) is 11.3. The van der Waals surface area contributed by atoms with Crippen LogP contribution in [0.25, 0.3) is 0 Å². The third kappa shape index (κ3) is 3.31. The van der Waals surface area contributed by atoms with Crippen LogP contribution in [0.4, 0.5) is 0 Å². The number of carbonyl (C=O) groups is 1. The van der Waals surface area contributed by atoms with Crippen molar-refractivity contribution in [2.75, 3.05) is 6.61 Å². The van der Waals surface area contributed by atoms with Crippen molar-refractivity contribution in [3.63, 3.8) is 0 Å². The van der Waals surface area contributed by atoms with E-state index in [1.54, 1.807) is 0 Å². The van der Waals surface area contributed by atoms with Crippen molar-refractivity contribution in [2.24, 2.45) is 11.8 Å². The molecule has 0 aliphatic heterocycles. The molecule has 0 radical (unpaired) electrons. The zero-order valence-electron chi connectivity index (χ0n) is 11.3. The van der Waals surface area contributed by atoms with Gasteiger partial charge in [0.1, 0.15) is 5.60 Å². The second kappa shape index (κ2) is 5.51. The lowest BCUT2D eigenvalue weighted by molar-refractivity contribution is -0.151. The van der Waals surface area contributed by atoms with Gasteiger partial charge in [0.05, 0.1) is 0 Å². The van der Waals surface area contributed by atoms with Crippen LogP contribution in [-0.4, -0.2) is 18.0 Å². The molecule has 2 nitrogen and oxygen atoms in total. The minimum atomic E-state index is -0.415. The second-order valence-electron chi connectivity index (χ2n) is 6.03. The first-order valence-corrected chi connectivity index (χ1v) is 7.33. The van der Waals surface area contributed by atoms with Crippen molar-refractivity contribution >= 4 is 5.78 Å². The average molecular weight is 238 g/mol. The molecule has 2 atom stereocenters. The van der Waals surface area contributed by atoms with E-state index in [1.165, 1.54) is 19.3 Å². The van der Waals surface area contributed by atoms with Crippen molar-refractivity contribution in [3.05, 3.63) is 0 Å². The Balaban J connectivity index is 1.94. The molecule has 2 heteroatoms. The highest BCUT2D eigenvalue weighted by atomic mass is 16.5. The molecule has 0 amide bonds. The molecule has 0 aromatic carbocycles.